The lowest BCUT2D eigenvalue weighted by atomic mass is 10.1. The van der Waals surface area contributed by atoms with Crippen molar-refractivity contribution in [3.05, 3.63) is 17.7 Å². The van der Waals surface area contributed by atoms with Gasteiger partial charge in [-0.3, -0.25) is 0 Å². The van der Waals surface area contributed by atoms with E-state index in [1.165, 1.54) is 0 Å². The predicted octanol–water partition coefficient (Wildman–Crippen LogP) is 1.86. The summed E-state index contributed by atoms with van der Waals surface area (Å²) in [5.74, 6) is 4.58. The summed E-state index contributed by atoms with van der Waals surface area (Å²) in [6, 6.07) is 3.67. The molecule has 0 fully saturated rings. The molecule has 1 aromatic carbocycles. The summed E-state index contributed by atoms with van der Waals surface area (Å²) in [6.45, 7) is 1.13. The SMILES string of the molecule is C#CCNCc1cc(OC)c(OC)cc1OC.Cl. The van der Waals surface area contributed by atoms with Crippen molar-refractivity contribution in [1.29, 1.82) is 0 Å². The van der Waals surface area contributed by atoms with E-state index in [0.717, 1.165) is 11.3 Å². The summed E-state index contributed by atoms with van der Waals surface area (Å²) in [5, 5.41) is 3.10. The van der Waals surface area contributed by atoms with E-state index in [1.54, 1.807) is 27.4 Å². The minimum Gasteiger partial charge on any atom is -0.496 e. The Morgan fingerprint density at radius 1 is 1.06 bits per heavy atom. The van der Waals surface area contributed by atoms with Gasteiger partial charge in [0.25, 0.3) is 0 Å². The first kappa shape index (κ1) is 16.4. The fourth-order valence-electron chi connectivity index (χ4n) is 1.50. The number of hydrogen-bond acceptors (Lipinski definition) is 4. The van der Waals surface area contributed by atoms with E-state index >= 15 is 0 Å². The molecule has 18 heavy (non-hydrogen) atoms. The van der Waals surface area contributed by atoms with Crippen molar-refractivity contribution in [1.82, 2.24) is 5.32 Å². The Hall–Kier alpha value is -1.57. The zero-order chi connectivity index (χ0) is 12.7. The van der Waals surface area contributed by atoms with Crippen LogP contribution >= 0.6 is 12.4 Å². The molecule has 0 heterocycles. The average Bonchev–Trinajstić information content (AvgIpc) is 2.38. The summed E-state index contributed by atoms with van der Waals surface area (Å²) in [5.41, 5.74) is 0.973. The lowest BCUT2D eigenvalue weighted by Gasteiger charge is -2.14. The Bertz CT molecular complexity index is 415. The molecule has 1 rings (SSSR count). The van der Waals surface area contributed by atoms with Crippen molar-refractivity contribution in [2.45, 2.75) is 6.54 Å². The van der Waals surface area contributed by atoms with Crippen molar-refractivity contribution < 1.29 is 14.2 Å². The number of benzene rings is 1. The summed E-state index contributed by atoms with van der Waals surface area (Å²) in [4.78, 5) is 0. The van der Waals surface area contributed by atoms with Crippen LogP contribution in [-0.4, -0.2) is 27.9 Å². The lowest BCUT2D eigenvalue weighted by molar-refractivity contribution is 0.347. The molecule has 5 heteroatoms. The van der Waals surface area contributed by atoms with Crippen molar-refractivity contribution in [2.24, 2.45) is 0 Å². The van der Waals surface area contributed by atoms with Gasteiger partial charge < -0.3 is 19.5 Å². The van der Waals surface area contributed by atoms with Crippen LogP contribution < -0.4 is 19.5 Å². The molecule has 0 aliphatic rings. The molecule has 0 saturated carbocycles. The second-order valence-corrected chi connectivity index (χ2v) is 3.33. The topological polar surface area (TPSA) is 39.7 Å². The van der Waals surface area contributed by atoms with Crippen LogP contribution in [0.15, 0.2) is 12.1 Å². The zero-order valence-corrected chi connectivity index (χ0v) is 11.6. The Morgan fingerprint density at radius 2 is 1.61 bits per heavy atom. The molecule has 0 amide bonds. The first-order chi connectivity index (χ1) is 8.26. The van der Waals surface area contributed by atoms with E-state index in [4.69, 9.17) is 20.6 Å². The largest absolute Gasteiger partial charge is 0.496 e. The molecule has 0 unspecified atom stereocenters. The van der Waals surface area contributed by atoms with E-state index in [2.05, 4.69) is 11.2 Å². The number of methoxy groups -OCH3 is 3. The average molecular weight is 272 g/mol. The Balaban J connectivity index is 0.00000289. The van der Waals surface area contributed by atoms with E-state index in [0.29, 0.717) is 24.6 Å². The molecule has 1 N–H and O–H groups in total. The number of nitrogens with one attached hydrogen (secondary N) is 1. The molecule has 0 aliphatic heterocycles. The highest BCUT2D eigenvalue weighted by atomic mass is 35.5. The quantitative estimate of drug-likeness (QED) is 0.633. The lowest BCUT2D eigenvalue weighted by Crippen LogP contribution is -2.14. The van der Waals surface area contributed by atoms with Gasteiger partial charge >= 0.3 is 0 Å². The molecule has 0 atom stereocenters. The maximum Gasteiger partial charge on any atom is 0.164 e. The predicted molar refractivity (Wildman–Crippen MR) is 73.9 cm³/mol. The van der Waals surface area contributed by atoms with Gasteiger partial charge in [-0.1, -0.05) is 5.92 Å². The molecule has 0 saturated heterocycles. The van der Waals surface area contributed by atoms with Gasteiger partial charge in [-0.25, -0.2) is 0 Å². The van der Waals surface area contributed by atoms with Gasteiger partial charge in [-0.15, -0.1) is 18.8 Å². The van der Waals surface area contributed by atoms with Crippen LogP contribution in [-0.2, 0) is 6.54 Å². The second-order valence-electron chi connectivity index (χ2n) is 3.33. The standard InChI is InChI=1S/C13H17NO3.ClH/c1-5-6-14-9-10-7-12(16-3)13(17-4)8-11(10)15-2;/h1,7-8,14H,6,9H2,2-4H3;1H. The smallest absolute Gasteiger partial charge is 0.164 e. The highest BCUT2D eigenvalue weighted by Gasteiger charge is 2.11. The minimum absolute atomic E-state index is 0. The van der Waals surface area contributed by atoms with Crippen LogP contribution in [0.2, 0.25) is 0 Å². The van der Waals surface area contributed by atoms with Gasteiger partial charge in [0, 0.05) is 18.2 Å². The third-order valence-corrected chi connectivity index (χ3v) is 2.33. The fraction of sp³-hybridized carbons (Fsp3) is 0.385. The Morgan fingerprint density at radius 3 is 2.11 bits per heavy atom. The van der Waals surface area contributed by atoms with Crippen LogP contribution in [0.1, 0.15) is 5.56 Å². The molecular weight excluding hydrogens is 254 g/mol. The number of halogens is 1. The number of rotatable bonds is 6. The van der Waals surface area contributed by atoms with Gasteiger partial charge in [-0.05, 0) is 6.07 Å². The Labute approximate surface area is 114 Å². The molecule has 0 aliphatic carbocycles. The summed E-state index contributed by atoms with van der Waals surface area (Å²) >= 11 is 0. The van der Waals surface area contributed by atoms with Crippen molar-refractivity contribution in [3.8, 4) is 29.6 Å². The van der Waals surface area contributed by atoms with Gasteiger partial charge in [0.05, 0.1) is 27.9 Å². The first-order valence-corrected chi connectivity index (χ1v) is 5.19. The monoisotopic (exact) mass is 271 g/mol. The number of ether oxygens (including phenoxy) is 3. The molecule has 0 aromatic heterocycles. The normalized spacial score (nSPS) is 9.00. The van der Waals surface area contributed by atoms with Gasteiger partial charge in [0.1, 0.15) is 5.75 Å². The second kappa shape index (κ2) is 8.51. The molecule has 0 radical (unpaired) electrons. The first-order valence-electron chi connectivity index (χ1n) is 5.19. The van der Waals surface area contributed by atoms with Crippen LogP contribution in [0, 0.1) is 12.3 Å². The summed E-state index contributed by atoms with van der Waals surface area (Å²) in [6.07, 6.45) is 5.18. The maximum atomic E-state index is 5.29. The zero-order valence-electron chi connectivity index (χ0n) is 10.8. The fourth-order valence-corrected chi connectivity index (χ4v) is 1.50. The van der Waals surface area contributed by atoms with Crippen LogP contribution in [0.25, 0.3) is 0 Å². The molecule has 4 nitrogen and oxygen atoms in total. The van der Waals surface area contributed by atoms with Crippen molar-refractivity contribution in [3.63, 3.8) is 0 Å². The van der Waals surface area contributed by atoms with Crippen LogP contribution in [0.5, 0.6) is 17.2 Å². The van der Waals surface area contributed by atoms with Gasteiger partial charge in [-0.2, -0.15) is 0 Å². The third-order valence-electron chi connectivity index (χ3n) is 2.33. The van der Waals surface area contributed by atoms with Crippen LogP contribution in [0.3, 0.4) is 0 Å². The van der Waals surface area contributed by atoms with Crippen molar-refractivity contribution in [2.75, 3.05) is 27.9 Å². The maximum absolute atomic E-state index is 5.29. The highest BCUT2D eigenvalue weighted by molar-refractivity contribution is 5.85. The minimum atomic E-state index is 0. The van der Waals surface area contributed by atoms with Gasteiger partial charge in [0.2, 0.25) is 0 Å². The Kier molecular flexibility index (Phi) is 7.77. The molecular formula is C13H18ClNO3. The van der Waals surface area contributed by atoms with Crippen LogP contribution in [0.4, 0.5) is 0 Å². The molecule has 0 spiro atoms. The van der Waals surface area contributed by atoms with E-state index < -0.39 is 0 Å². The molecule has 1 aromatic rings. The van der Waals surface area contributed by atoms with E-state index in [1.807, 2.05) is 6.07 Å². The third kappa shape index (κ3) is 4.02. The molecule has 0 bridgehead atoms. The summed E-state index contributed by atoms with van der Waals surface area (Å²) in [7, 11) is 4.81. The van der Waals surface area contributed by atoms with Crippen molar-refractivity contribution >= 4 is 12.4 Å². The van der Waals surface area contributed by atoms with Gasteiger partial charge in [0.15, 0.2) is 11.5 Å². The highest BCUT2D eigenvalue weighted by Crippen LogP contribution is 2.34. The van der Waals surface area contributed by atoms with E-state index in [-0.39, 0.29) is 12.4 Å². The molecule has 100 valence electrons. The summed E-state index contributed by atoms with van der Waals surface area (Å²) < 4.78 is 15.7. The number of hydrogen-bond donors (Lipinski definition) is 1. The number of terminal acetylenes is 1. The van der Waals surface area contributed by atoms with E-state index in [9.17, 15) is 0 Å².